The van der Waals surface area contributed by atoms with Gasteiger partial charge in [-0.1, -0.05) is 6.08 Å². The number of aldehydes is 1. The third-order valence-corrected chi connectivity index (χ3v) is 5.46. The van der Waals surface area contributed by atoms with Crippen molar-refractivity contribution in [3.63, 3.8) is 0 Å². The number of nitro benzene ring substituents is 1. The number of aromatic nitrogens is 4. The van der Waals surface area contributed by atoms with Crippen LogP contribution in [0.3, 0.4) is 0 Å². The number of carbonyl (C=O) groups is 1. The van der Waals surface area contributed by atoms with Gasteiger partial charge in [-0.3, -0.25) is 14.9 Å². The number of hydrogen-bond donors (Lipinski definition) is 1. The molecule has 0 spiro atoms. The topological polar surface area (TPSA) is 128 Å². The zero-order valence-electron chi connectivity index (χ0n) is 18.5. The van der Waals surface area contributed by atoms with Crippen LogP contribution < -0.4 is 10.1 Å². The molecule has 33 heavy (non-hydrogen) atoms. The fourth-order valence-electron chi connectivity index (χ4n) is 3.62. The lowest BCUT2D eigenvalue weighted by Crippen LogP contribution is -2.23. The van der Waals surface area contributed by atoms with E-state index >= 15 is 0 Å². The second-order valence-corrected chi connectivity index (χ2v) is 7.66. The number of likely N-dealkylation sites (N-methyl/N-ethyl adjacent to an activating group) is 1. The van der Waals surface area contributed by atoms with Crippen molar-refractivity contribution in [3.8, 4) is 11.6 Å². The molecule has 3 aromatic rings. The Bertz CT molecular complexity index is 1250. The maximum atomic E-state index is 11.9. The Morgan fingerprint density at radius 1 is 1.33 bits per heavy atom. The van der Waals surface area contributed by atoms with Crippen LogP contribution >= 0.6 is 0 Å². The van der Waals surface area contributed by atoms with Gasteiger partial charge in [-0.2, -0.15) is 10.1 Å². The van der Waals surface area contributed by atoms with E-state index < -0.39 is 4.92 Å². The van der Waals surface area contributed by atoms with Gasteiger partial charge in [0.05, 0.1) is 34.5 Å². The van der Waals surface area contributed by atoms with Gasteiger partial charge < -0.3 is 15.0 Å². The summed E-state index contributed by atoms with van der Waals surface area (Å²) < 4.78 is 6.99. The first-order chi connectivity index (χ1) is 15.9. The lowest BCUT2D eigenvalue weighted by molar-refractivity contribution is -0.385. The minimum absolute atomic E-state index is 0.0245. The lowest BCUT2D eigenvalue weighted by Gasteiger charge is -2.22. The summed E-state index contributed by atoms with van der Waals surface area (Å²) in [5.41, 5.74) is 2.84. The molecule has 170 valence electrons. The second kappa shape index (κ2) is 9.17. The Labute approximate surface area is 189 Å². The smallest absolute Gasteiger partial charge is 0.279 e. The van der Waals surface area contributed by atoms with Crippen LogP contribution in [0.15, 0.2) is 36.7 Å². The molecule has 0 unspecified atom stereocenters. The van der Waals surface area contributed by atoms with Gasteiger partial charge in [0, 0.05) is 37.6 Å². The van der Waals surface area contributed by atoms with Crippen LogP contribution in [0.5, 0.6) is 5.75 Å². The number of nitrogens with one attached hydrogen (secondary N) is 1. The van der Waals surface area contributed by atoms with Gasteiger partial charge in [0.25, 0.3) is 5.69 Å². The number of carbonyl (C=O) groups excluding carboxylic acids is 1. The van der Waals surface area contributed by atoms with E-state index in [0.29, 0.717) is 40.5 Å². The highest BCUT2D eigenvalue weighted by molar-refractivity contribution is 5.80. The van der Waals surface area contributed by atoms with Crippen LogP contribution in [0, 0.1) is 17.0 Å². The maximum absolute atomic E-state index is 11.9. The SMILES string of the molecule is COc1cc(C2=CCN(C)CC2)c([N+](=O)[O-])cc1Nc1nccc(-n2cc(C=O)c(C)n2)n1. The highest BCUT2D eigenvalue weighted by Gasteiger charge is 2.23. The molecule has 1 aromatic carbocycles. The molecule has 1 N–H and O–H groups in total. The number of methoxy groups -OCH3 is 1. The number of ether oxygens (including phenoxy) is 1. The number of benzene rings is 1. The van der Waals surface area contributed by atoms with Crippen molar-refractivity contribution >= 4 is 29.2 Å². The van der Waals surface area contributed by atoms with Crippen molar-refractivity contribution in [1.82, 2.24) is 24.6 Å². The van der Waals surface area contributed by atoms with Gasteiger partial charge in [0.15, 0.2) is 12.1 Å². The molecular formula is C22H23N7O4. The fraction of sp³-hybridized carbons (Fsp3) is 0.273. The predicted molar refractivity (Wildman–Crippen MR) is 122 cm³/mol. The monoisotopic (exact) mass is 449 g/mol. The Morgan fingerprint density at radius 3 is 2.79 bits per heavy atom. The van der Waals surface area contributed by atoms with Crippen LogP contribution in [0.25, 0.3) is 11.4 Å². The van der Waals surface area contributed by atoms with Crippen LogP contribution in [-0.4, -0.2) is 63.1 Å². The number of nitro groups is 1. The minimum atomic E-state index is -0.399. The summed E-state index contributed by atoms with van der Waals surface area (Å²) in [6.07, 6.45) is 6.55. The van der Waals surface area contributed by atoms with Gasteiger partial charge >= 0.3 is 0 Å². The van der Waals surface area contributed by atoms with Crippen LogP contribution in [0.2, 0.25) is 0 Å². The standard InChI is InChI=1S/C22H23N7O4/c1-14-16(13-30)12-28(26-14)21-4-7-23-22(25-21)24-18-11-19(29(31)32)17(10-20(18)33-3)15-5-8-27(2)9-6-15/h4-5,7,10-13H,6,8-9H2,1-3H3,(H,23,24,25). The highest BCUT2D eigenvalue weighted by Crippen LogP contribution is 2.39. The van der Waals surface area contributed by atoms with Gasteiger partial charge in [0.1, 0.15) is 5.75 Å². The van der Waals surface area contributed by atoms with Crippen LogP contribution in [-0.2, 0) is 0 Å². The third-order valence-electron chi connectivity index (χ3n) is 5.46. The summed E-state index contributed by atoms with van der Waals surface area (Å²) in [7, 11) is 3.51. The zero-order chi connectivity index (χ0) is 23.5. The van der Waals surface area contributed by atoms with E-state index in [9.17, 15) is 14.9 Å². The van der Waals surface area contributed by atoms with Crippen LogP contribution in [0.4, 0.5) is 17.3 Å². The van der Waals surface area contributed by atoms with Crippen molar-refractivity contribution in [2.75, 3.05) is 32.6 Å². The van der Waals surface area contributed by atoms with E-state index in [2.05, 4.69) is 25.3 Å². The molecule has 1 aliphatic rings. The Morgan fingerprint density at radius 2 is 2.15 bits per heavy atom. The van der Waals surface area contributed by atoms with E-state index in [1.54, 1.807) is 25.3 Å². The van der Waals surface area contributed by atoms with Crippen molar-refractivity contribution in [2.45, 2.75) is 13.3 Å². The van der Waals surface area contributed by atoms with Gasteiger partial charge in [-0.05, 0) is 32.0 Å². The second-order valence-electron chi connectivity index (χ2n) is 7.66. The summed E-state index contributed by atoms with van der Waals surface area (Å²) in [6.45, 7) is 3.28. The lowest BCUT2D eigenvalue weighted by atomic mass is 9.97. The normalized spacial score (nSPS) is 14.0. The number of rotatable bonds is 7. The molecule has 0 saturated heterocycles. The van der Waals surface area contributed by atoms with Crippen molar-refractivity contribution in [3.05, 3.63) is 63.6 Å². The first-order valence-electron chi connectivity index (χ1n) is 10.3. The van der Waals surface area contributed by atoms with E-state index in [1.165, 1.54) is 24.1 Å². The molecule has 4 rings (SSSR count). The first-order valence-corrected chi connectivity index (χ1v) is 10.3. The molecule has 11 nitrogen and oxygen atoms in total. The summed E-state index contributed by atoms with van der Waals surface area (Å²) in [5.74, 6) is 1.07. The summed E-state index contributed by atoms with van der Waals surface area (Å²) >= 11 is 0. The average molecular weight is 449 g/mol. The largest absolute Gasteiger partial charge is 0.495 e. The van der Waals surface area contributed by atoms with E-state index in [-0.39, 0.29) is 11.6 Å². The molecule has 0 amide bonds. The number of nitrogens with zero attached hydrogens (tertiary/aromatic N) is 6. The quantitative estimate of drug-likeness (QED) is 0.328. The van der Waals surface area contributed by atoms with Crippen LogP contribution in [0.1, 0.15) is 28.0 Å². The maximum Gasteiger partial charge on any atom is 0.279 e. The molecule has 2 aromatic heterocycles. The Balaban J connectivity index is 1.70. The molecule has 0 saturated carbocycles. The third kappa shape index (κ3) is 4.58. The van der Waals surface area contributed by atoms with Crippen molar-refractivity contribution in [1.29, 1.82) is 0 Å². The van der Waals surface area contributed by atoms with E-state index in [0.717, 1.165) is 24.9 Å². The fourth-order valence-corrected chi connectivity index (χ4v) is 3.62. The summed E-state index contributed by atoms with van der Waals surface area (Å²) in [5, 5.41) is 19.2. The molecule has 0 atom stereocenters. The first kappa shape index (κ1) is 22.1. The van der Waals surface area contributed by atoms with Gasteiger partial charge in [-0.15, -0.1) is 0 Å². The molecule has 0 fully saturated rings. The molecule has 3 heterocycles. The predicted octanol–water partition coefficient (Wildman–Crippen LogP) is 3.16. The Kier molecular flexibility index (Phi) is 6.13. The molecule has 0 radical (unpaired) electrons. The van der Waals surface area contributed by atoms with E-state index in [1.807, 2.05) is 13.1 Å². The molecule has 11 heteroatoms. The van der Waals surface area contributed by atoms with Crippen molar-refractivity contribution in [2.24, 2.45) is 0 Å². The number of aryl methyl sites for hydroxylation is 1. The minimum Gasteiger partial charge on any atom is -0.495 e. The average Bonchev–Trinajstić information content (AvgIpc) is 3.20. The molecular weight excluding hydrogens is 426 g/mol. The molecule has 1 aliphatic heterocycles. The van der Waals surface area contributed by atoms with Gasteiger partial charge in [-0.25, -0.2) is 9.67 Å². The zero-order valence-corrected chi connectivity index (χ0v) is 18.5. The molecule has 0 bridgehead atoms. The highest BCUT2D eigenvalue weighted by atomic mass is 16.6. The number of hydrogen-bond acceptors (Lipinski definition) is 9. The van der Waals surface area contributed by atoms with Gasteiger partial charge in [0.2, 0.25) is 5.95 Å². The summed E-state index contributed by atoms with van der Waals surface area (Å²) in [6, 6.07) is 4.75. The van der Waals surface area contributed by atoms with E-state index in [4.69, 9.17) is 4.74 Å². The Hall–Kier alpha value is -4.12. The summed E-state index contributed by atoms with van der Waals surface area (Å²) in [4.78, 5) is 33.4. The van der Waals surface area contributed by atoms with Crippen molar-refractivity contribution < 1.29 is 14.5 Å². The number of anilines is 2. The molecule has 0 aliphatic carbocycles.